The quantitative estimate of drug-likeness (QED) is 0.141. The Hall–Kier alpha value is -7.49. The van der Waals surface area contributed by atoms with Crippen molar-refractivity contribution in [2.75, 3.05) is 4.90 Å². The van der Waals surface area contributed by atoms with Gasteiger partial charge in [-0.25, -0.2) is 4.39 Å². The van der Waals surface area contributed by atoms with Crippen LogP contribution in [0.25, 0.3) is 72.7 Å². The molecule has 0 saturated carbocycles. The third kappa shape index (κ3) is 6.56. The van der Waals surface area contributed by atoms with E-state index in [9.17, 15) is 4.39 Å². The maximum Gasteiger partial charge on any atom is 0.123 e. The van der Waals surface area contributed by atoms with E-state index in [0.717, 1.165) is 67.2 Å². The van der Waals surface area contributed by atoms with Crippen LogP contribution in [0.1, 0.15) is 11.1 Å². The van der Waals surface area contributed by atoms with Crippen molar-refractivity contribution in [1.82, 2.24) is 4.57 Å². The Morgan fingerprint density at radius 3 is 1.53 bits per heavy atom. The second kappa shape index (κ2) is 14.6. The van der Waals surface area contributed by atoms with Crippen molar-refractivity contribution in [3.05, 3.63) is 229 Å². The summed E-state index contributed by atoms with van der Waals surface area (Å²) >= 11 is 0. The largest absolute Gasteiger partial charge is 0.310 e. The van der Waals surface area contributed by atoms with Gasteiger partial charge in [-0.3, -0.25) is 0 Å². The Balaban J connectivity index is 1.05. The summed E-state index contributed by atoms with van der Waals surface area (Å²) in [6, 6.07) is 73.5. The van der Waals surface area contributed by atoms with E-state index in [1.54, 1.807) is 0 Å². The first-order chi connectivity index (χ1) is 28.2. The van der Waals surface area contributed by atoms with Crippen LogP contribution in [0.4, 0.5) is 21.5 Å². The molecule has 270 valence electrons. The molecule has 0 spiro atoms. The van der Waals surface area contributed by atoms with Crippen molar-refractivity contribution >= 4 is 61.7 Å². The second-order valence-corrected chi connectivity index (χ2v) is 14.4. The maximum atomic E-state index is 14.3. The highest BCUT2D eigenvalue weighted by Crippen LogP contribution is 2.43. The molecule has 1 aromatic heterocycles. The topological polar surface area (TPSA) is 8.17 Å². The van der Waals surface area contributed by atoms with Gasteiger partial charge in [-0.05, 0) is 111 Å². The van der Waals surface area contributed by atoms with Crippen LogP contribution in [-0.2, 0) is 0 Å². The Morgan fingerprint density at radius 1 is 0.404 bits per heavy atom. The van der Waals surface area contributed by atoms with Gasteiger partial charge in [-0.1, -0.05) is 158 Å². The Labute approximate surface area is 331 Å². The van der Waals surface area contributed by atoms with Gasteiger partial charge in [0.2, 0.25) is 0 Å². The summed E-state index contributed by atoms with van der Waals surface area (Å²) in [5.41, 5.74) is 11.9. The van der Waals surface area contributed by atoms with Gasteiger partial charge in [0.05, 0.1) is 11.2 Å². The van der Waals surface area contributed by atoms with E-state index in [1.165, 1.54) is 33.7 Å². The van der Waals surface area contributed by atoms with Crippen molar-refractivity contribution in [2.24, 2.45) is 0 Å². The van der Waals surface area contributed by atoms with E-state index in [2.05, 4.69) is 198 Å². The lowest BCUT2D eigenvalue weighted by Crippen LogP contribution is -2.09. The van der Waals surface area contributed by atoms with Gasteiger partial charge in [0, 0.05) is 33.7 Å². The molecule has 3 heteroatoms. The molecule has 0 N–H and O–H groups in total. The van der Waals surface area contributed by atoms with Crippen molar-refractivity contribution in [1.29, 1.82) is 0 Å². The number of anilines is 3. The number of nitrogens with zero attached hydrogens (tertiary/aromatic N) is 2. The summed E-state index contributed by atoms with van der Waals surface area (Å²) in [4.78, 5) is 2.33. The predicted octanol–water partition coefficient (Wildman–Crippen LogP) is 15.1. The fourth-order valence-electron chi connectivity index (χ4n) is 8.04. The molecule has 2 nitrogen and oxygen atoms in total. The van der Waals surface area contributed by atoms with Crippen LogP contribution in [0.5, 0.6) is 0 Å². The Morgan fingerprint density at radius 2 is 0.912 bits per heavy atom. The van der Waals surface area contributed by atoms with Crippen LogP contribution in [0.15, 0.2) is 212 Å². The molecule has 9 aromatic carbocycles. The smallest absolute Gasteiger partial charge is 0.123 e. The number of hydrogen-bond donors (Lipinski definition) is 0. The zero-order chi connectivity index (χ0) is 38.1. The predicted molar refractivity (Wildman–Crippen MR) is 239 cm³/mol. The molecule has 0 atom stereocenters. The monoisotopic (exact) mass is 732 g/mol. The van der Waals surface area contributed by atoms with Crippen LogP contribution >= 0.6 is 0 Å². The minimum atomic E-state index is -0.257. The maximum absolute atomic E-state index is 14.3. The molecule has 0 radical (unpaired) electrons. The zero-order valence-corrected chi connectivity index (χ0v) is 31.1. The van der Waals surface area contributed by atoms with E-state index in [1.807, 2.05) is 24.3 Å². The third-order valence-electron chi connectivity index (χ3n) is 10.8. The van der Waals surface area contributed by atoms with Gasteiger partial charge >= 0.3 is 0 Å². The number of hydrogen-bond acceptors (Lipinski definition) is 1. The van der Waals surface area contributed by atoms with E-state index in [-0.39, 0.29) is 5.82 Å². The summed E-state index contributed by atoms with van der Waals surface area (Å²) in [6.45, 7) is 0. The molecular weight excluding hydrogens is 696 g/mol. The molecule has 0 unspecified atom stereocenters. The fraction of sp³-hybridized carbons (Fsp3) is 0. The SMILES string of the molecule is Fc1ccc(-n2c(-c3ccccc3)c(-c3ccccc3)c3ccc(/C=C/c4ccc(N(c5ccc6ccccc6c5)c5ccc6ccccc6c5)cc4)cc32)cc1. The summed E-state index contributed by atoms with van der Waals surface area (Å²) in [5, 5.41) is 5.98. The number of aromatic nitrogens is 1. The van der Waals surface area contributed by atoms with E-state index < -0.39 is 0 Å². The number of fused-ring (bicyclic) bond motifs is 3. The first-order valence-corrected chi connectivity index (χ1v) is 19.3. The lowest BCUT2D eigenvalue weighted by molar-refractivity contribution is 0.627. The molecule has 0 aliphatic rings. The highest BCUT2D eigenvalue weighted by atomic mass is 19.1. The molecule has 10 aromatic rings. The molecule has 0 saturated heterocycles. The summed E-state index contributed by atoms with van der Waals surface area (Å²) in [7, 11) is 0. The molecule has 0 aliphatic heterocycles. The van der Waals surface area contributed by atoms with E-state index >= 15 is 0 Å². The number of halogens is 1. The molecular formula is C54H37FN2. The summed E-state index contributed by atoms with van der Waals surface area (Å²) < 4.78 is 16.5. The van der Waals surface area contributed by atoms with Crippen LogP contribution in [0.2, 0.25) is 0 Å². The van der Waals surface area contributed by atoms with Crippen LogP contribution < -0.4 is 4.90 Å². The van der Waals surface area contributed by atoms with Gasteiger partial charge in [-0.2, -0.15) is 0 Å². The van der Waals surface area contributed by atoms with Crippen molar-refractivity contribution in [2.45, 2.75) is 0 Å². The van der Waals surface area contributed by atoms with Gasteiger partial charge in [0.25, 0.3) is 0 Å². The molecule has 57 heavy (non-hydrogen) atoms. The highest BCUT2D eigenvalue weighted by molar-refractivity contribution is 6.06. The molecule has 0 fully saturated rings. The molecule has 10 rings (SSSR count). The van der Waals surface area contributed by atoms with Gasteiger partial charge in [-0.15, -0.1) is 0 Å². The normalized spacial score (nSPS) is 11.5. The minimum Gasteiger partial charge on any atom is -0.310 e. The van der Waals surface area contributed by atoms with Gasteiger partial charge < -0.3 is 9.47 Å². The minimum absolute atomic E-state index is 0.257. The van der Waals surface area contributed by atoms with E-state index in [4.69, 9.17) is 0 Å². The number of rotatable bonds is 8. The highest BCUT2D eigenvalue weighted by Gasteiger charge is 2.21. The molecule has 0 aliphatic carbocycles. The summed E-state index contributed by atoms with van der Waals surface area (Å²) in [5.74, 6) is -0.257. The Bertz CT molecular complexity index is 2970. The van der Waals surface area contributed by atoms with Crippen molar-refractivity contribution in [3.63, 3.8) is 0 Å². The average Bonchev–Trinajstić information content (AvgIpc) is 3.61. The third-order valence-corrected chi connectivity index (χ3v) is 10.8. The molecule has 1 heterocycles. The average molecular weight is 733 g/mol. The van der Waals surface area contributed by atoms with Crippen molar-refractivity contribution in [3.8, 4) is 28.1 Å². The Kier molecular flexibility index (Phi) is 8.74. The van der Waals surface area contributed by atoms with Crippen LogP contribution in [-0.4, -0.2) is 4.57 Å². The van der Waals surface area contributed by atoms with Crippen LogP contribution in [0.3, 0.4) is 0 Å². The van der Waals surface area contributed by atoms with Gasteiger partial charge in [0.1, 0.15) is 5.82 Å². The van der Waals surface area contributed by atoms with Crippen LogP contribution in [0, 0.1) is 5.82 Å². The fourth-order valence-corrected chi connectivity index (χ4v) is 8.04. The lowest BCUT2D eigenvalue weighted by atomic mass is 9.98. The first-order valence-electron chi connectivity index (χ1n) is 19.3. The second-order valence-electron chi connectivity index (χ2n) is 14.4. The lowest BCUT2D eigenvalue weighted by Gasteiger charge is -2.26. The standard InChI is InChI=1S/C54H37FN2/c55-46-26-32-48(33-27-46)57-52-35-39(23-34-51(52)53(42-13-3-1-4-14-42)54(57)43-15-5-2-6-16-43)20-19-38-21-28-47(29-22-38)56(49-30-24-40-11-7-9-17-44(40)36-49)50-31-25-41-12-8-10-18-45(41)37-50/h1-37H/b20-19+. The van der Waals surface area contributed by atoms with E-state index in [0.29, 0.717) is 0 Å². The summed E-state index contributed by atoms with van der Waals surface area (Å²) in [6.07, 6.45) is 4.34. The zero-order valence-electron chi connectivity index (χ0n) is 31.1. The van der Waals surface area contributed by atoms with Crippen molar-refractivity contribution < 1.29 is 4.39 Å². The van der Waals surface area contributed by atoms with Gasteiger partial charge in [0.15, 0.2) is 0 Å². The first kappa shape index (κ1) is 34.0. The molecule has 0 amide bonds. The number of benzene rings is 9. The molecule has 0 bridgehead atoms.